The van der Waals surface area contributed by atoms with Gasteiger partial charge in [-0.05, 0) is 50.5 Å². The van der Waals surface area contributed by atoms with Crippen molar-refractivity contribution in [1.82, 2.24) is 15.2 Å². The summed E-state index contributed by atoms with van der Waals surface area (Å²) in [5.41, 5.74) is 1.15. The summed E-state index contributed by atoms with van der Waals surface area (Å²) in [6, 6.07) is 8.44. The second kappa shape index (κ2) is 6.66. The van der Waals surface area contributed by atoms with Gasteiger partial charge in [0, 0.05) is 6.54 Å². The van der Waals surface area contributed by atoms with Crippen molar-refractivity contribution in [2.45, 2.75) is 26.3 Å². The molecule has 1 atom stereocenters. The van der Waals surface area contributed by atoms with Crippen LogP contribution in [0.5, 0.6) is 0 Å². The molecule has 0 bridgehead atoms. The third kappa shape index (κ3) is 3.37. The zero-order chi connectivity index (χ0) is 13.8. The lowest BCUT2D eigenvalue weighted by Crippen LogP contribution is -2.39. The third-order valence-corrected chi connectivity index (χ3v) is 5.00. The average Bonchev–Trinajstić information content (AvgIpc) is 2.87. The lowest BCUT2D eigenvalue weighted by atomic mass is 9.98. The van der Waals surface area contributed by atoms with E-state index in [1.807, 2.05) is 11.3 Å². The number of nitrogens with one attached hydrogen (secondary N) is 1. The van der Waals surface area contributed by atoms with Crippen LogP contribution in [0, 0.1) is 5.92 Å². The Kier molecular flexibility index (Phi) is 4.65. The number of fused-ring (bicyclic) bond motifs is 1. The average molecular weight is 289 g/mol. The highest BCUT2D eigenvalue weighted by Gasteiger charge is 2.20. The van der Waals surface area contributed by atoms with Gasteiger partial charge in [-0.25, -0.2) is 4.98 Å². The minimum atomic E-state index is 0.804. The van der Waals surface area contributed by atoms with Crippen LogP contribution in [0.4, 0.5) is 0 Å². The Bertz CT molecular complexity index is 518. The normalized spacial score (nSPS) is 20.6. The maximum absolute atomic E-state index is 4.76. The van der Waals surface area contributed by atoms with Crippen LogP contribution < -0.4 is 5.32 Å². The molecule has 0 saturated carbocycles. The highest BCUT2D eigenvalue weighted by atomic mass is 32.1. The topological polar surface area (TPSA) is 28.2 Å². The van der Waals surface area contributed by atoms with Crippen LogP contribution in [-0.4, -0.2) is 36.1 Å². The summed E-state index contributed by atoms with van der Waals surface area (Å²) in [5, 5.41) is 4.74. The Morgan fingerprint density at radius 1 is 1.40 bits per heavy atom. The number of piperidine rings is 1. The summed E-state index contributed by atoms with van der Waals surface area (Å²) in [6.07, 6.45) is 2.68. The molecule has 1 aromatic carbocycles. The molecule has 20 heavy (non-hydrogen) atoms. The van der Waals surface area contributed by atoms with Crippen molar-refractivity contribution in [2.24, 2.45) is 5.92 Å². The van der Waals surface area contributed by atoms with Crippen molar-refractivity contribution in [3.8, 4) is 0 Å². The van der Waals surface area contributed by atoms with Crippen LogP contribution >= 0.6 is 11.3 Å². The van der Waals surface area contributed by atoms with E-state index in [1.54, 1.807) is 0 Å². The first kappa shape index (κ1) is 14.0. The Morgan fingerprint density at radius 3 is 3.15 bits per heavy atom. The molecule has 3 rings (SSSR count). The Hall–Kier alpha value is -0.970. The molecule has 1 aliphatic rings. The molecule has 1 fully saturated rings. The summed E-state index contributed by atoms with van der Waals surface area (Å²) in [7, 11) is 0. The van der Waals surface area contributed by atoms with Gasteiger partial charge in [0.15, 0.2) is 0 Å². The minimum Gasteiger partial charge on any atom is -0.317 e. The van der Waals surface area contributed by atoms with Gasteiger partial charge in [-0.2, -0.15) is 0 Å². The predicted octanol–water partition coefficient (Wildman–Crippen LogP) is 3.12. The number of nitrogens with zero attached hydrogens (tertiary/aromatic N) is 2. The molecule has 3 nitrogen and oxygen atoms in total. The second-order valence-corrected chi connectivity index (χ2v) is 6.74. The molecular weight excluding hydrogens is 266 g/mol. The molecule has 1 N–H and O–H groups in total. The first-order chi connectivity index (χ1) is 9.85. The molecule has 1 aromatic heterocycles. The molecule has 1 saturated heterocycles. The van der Waals surface area contributed by atoms with Gasteiger partial charge in [-0.1, -0.05) is 19.1 Å². The largest absolute Gasteiger partial charge is 0.317 e. The van der Waals surface area contributed by atoms with Gasteiger partial charge < -0.3 is 5.32 Å². The van der Waals surface area contributed by atoms with Crippen molar-refractivity contribution >= 4 is 21.6 Å². The summed E-state index contributed by atoms with van der Waals surface area (Å²) >= 11 is 1.84. The van der Waals surface area contributed by atoms with E-state index in [1.165, 1.54) is 35.6 Å². The van der Waals surface area contributed by atoms with Crippen molar-refractivity contribution in [3.05, 3.63) is 29.3 Å². The van der Waals surface area contributed by atoms with Crippen molar-refractivity contribution in [2.75, 3.05) is 26.2 Å². The number of thiazole rings is 1. The molecule has 1 aliphatic heterocycles. The van der Waals surface area contributed by atoms with Crippen molar-refractivity contribution in [3.63, 3.8) is 0 Å². The molecule has 2 aromatic rings. The molecule has 108 valence electrons. The van der Waals surface area contributed by atoms with E-state index in [9.17, 15) is 0 Å². The zero-order valence-electron chi connectivity index (χ0n) is 12.1. The maximum atomic E-state index is 4.76. The number of para-hydroxylation sites is 1. The SMILES string of the molecule is CCNCC1CCCN(Cc2nc3ccccc3s2)C1. The standard InChI is InChI=1S/C16H23N3S/c1-2-17-10-13-6-5-9-19(11-13)12-16-18-14-7-3-4-8-15(14)20-16/h3-4,7-8,13,17H,2,5-6,9-12H2,1H3. The van der Waals surface area contributed by atoms with E-state index in [-0.39, 0.29) is 0 Å². The fraction of sp³-hybridized carbons (Fsp3) is 0.562. The van der Waals surface area contributed by atoms with Gasteiger partial charge in [-0.15, -0.1) is 11.3 Å². The maximum Gasteiger partial charge on any atom is 0.108 e. The van der Waals surface area contributed by atoms with E-state index in [2.05, 4.69) is 41.4 Å². The summed E-state index contributed by atoms with van der Waals surface area (Å²) in [6.45, 7) is 7.87. The smallest absolute Gasteiger partial charge is 0.108 e. The van der Waals surface area contributed by atoms with Gasteiger partial charge in [0.1, 0.15) is 5.01 Å². The molecule has 1 unspecified atom stereocenters. The molecule has 4 heteroatoms. The molecule has 0 radical (unpaired) electrons. The Balaban J connectivity index is 1.61. The highest BCUT2D eigenvalue weighted by molar-refractivity contribution is 7.18. The van der Waals surface area contributed by atoms with Crippen molar-refractivity contribution in [1.29, 1.82) is 0 Å². The molecule has 0 aliphatic carbocycles. The van der Waals surface area contributed by atoms with Crippen molar-refractivity contribution < 1.29 is 0 Å². The third-order valence-electron chi connectivity index (χ3n) is 3.98. The van der Waals surface area contributed by atoms with Gasteiger partial charge in [0.05, 0.1) is 16.8 Å². The van der Waals surface area contributed by atoms with Crippen LogP contribution in [-0.2, 0) is 6.54 Å². The Morgan fingerprint density at radius 2 is 2.30 bits per heavy atom. The number of hydrogen-bond acceptors (Lipinski definition) is 4. The highest BCUT2D eigenvalue weighted by Crippen LogP contribution is 2.24. The lowest BCUT2D eigenvalue weighted by molar-refractivity contribution is 0.166. The van der Waals surface area contributed by atoms with Crippen LogP contribution in [0.2, 0.25) is 0 Å². The van der Waals surface area contributed by atoms with Crippen LogP contribution in [0.3, 0.4) is 0 Å². The number of likely N-dealkylation sites (tertiary alicyclic amines) is 1. The number of hydrogen-bond donors (Lipinski definition) is 1. The number of benzene rings is 1. The van der Waals surface area contributed by atoms with E-state index in [4.69, 9.17) is 4.98 Å². The Labute approximate surface area is 125 Å². The minimum absolute atomic E-state index is 0.804. The van der Waals surface area contributed by atoms with Crippen LogP contribution in [0.1, 0.15) is 24.8 Å². The predicted molar refractivity (Wildman–Crippen MR) is 86.2 cm³/mol. The van der Waals surface area contributed by atoms with E-state index in [0.717, 1.165) is 31.1 Å². The first-order valence-electron chi connectivity index (χ1n) is 7.62. The lowest BCUT2D eigenvalue weighted by Gasteiger charge is -2.32. The summed E-state index contributed by atoms with van der Waals surface area (Å²) in [5.74, 6) is 0.804. The molecular formula is C16H23N3S. The number of rotatable bonds is 5. The monoisotopic (exact) mass is 289 g/mol. The zero-order valence-corrected chi connectivity index (χ0v) is 13.0. The quantitative estimate of drug-likeness (QED) is 0.916. The summed E-state index contributed by atoms with van der Waals surface area (Å²) in [4.78, 5) is 7.33. The van der Waals surface area contributed by atoms with Crippen LogP contribution in [0.25, 0.3) is 10.2 Å². The fourth-order valence-electron chi connectivity index (χ4n) is 2.99. The molecule has 0 amide bonds. The van der Waals surface area contributed by atoms with Gasteiger partial charge >= 0.3 is 0 Å². The van der Waals surface area contributed by atoms with Gasteiger partial charge in [-0.3, -0.25) is 4.90 Å². The van der Waals surface area contributed by atoms with Gasteiger partial charge in [0.2, 0.25) is 0 Å². The molecule has 0 spiro atoms. The first-order valence-corrected chi connectivity index (χ1v) is 8.44. The summed E-state index contributed by atoms with van der Waals surface area (Å²) < 4.78 is 1.31. The fourth-order valence-corrected chi connectivity index (χ4v) is 4.00. The van der Waals surface area contributed by atoms with E-state index >= 15 is 0 Å². The number of aromatic nitrogens is 1. The van der Waals surface area contributed by atoms with Crippen LogP contribution in [0.15, 0.2) is 24.3 Å². The van der Waals surface area contributed by atoms with Gasteiger partial charge in [0.25, 0.3) is 0 Å². The molecule has 2 heterocycles. The second-order valence-electron chi connectivity index (χ2n) is 5.63. The van der Waals surface area contributed by atoms with E-state index in [0.29, 0.717) is 0 Å². The van der Waals surface area contributed by atoms with E-state index < -0.39 is 0 Å².